The number of aromatic nitrogens is 5. The fraction of sp³-hybridized carbons (Fsp3) is 0.276. The molecule has 4 rings (SSSR count). The zero-order valence-electron chi connectivity index (χ0n) is 21.7. The largest absolute Gasteiger partial charge is 0.358 e. The molecule has 0 saturated heterocycles. The smallest absolute Gasteiger partial charge is 0.181 e. The van der Waals surface area contributed by atoms with Gasteiger partial charge in [-0.25, -0.2) is 4.98 Å². The number of aryl methyl sites for hydroxylation is 1. The van der Waals surface area contributed by atoms with E-state index in [1.54, 1.807) is 6.08 Å². The molecule has 0 aromatic carbocycles. The highest BCUT2D eigenvalue weighted by Crippen LogP contribution is 2.31. The molecule has 0 spiro atoms. The van der Waals surface area contributed by atoms with Crippen LogP contribution in [-0.4, -0.2) is 25.1 Å². The standard InChI is InChI=1S/C27H30N6.C2H6/c1-7-8-9-19-12-24(31-18(19)3)25-23-11-21(15-29-26(23)33-32-25)20-10-22(16-28-14-20)30-17(2)13-27(4,5)6;1-2/h7-12,14-16,30-31H,1-2,13H2,3-6H3,(H,29,32,33);1-2H3/b9-8-;. The van der Waals surface area contributed by atoms with Gasteiger partial charge in [-0.05, 0) is 42.5 Å². The van der Waals surface area contributed by atoms with Crippen molar-refractivity contribution in [2.24, 2.45) is 5.41 Å². The third-order valence-corrected chi connectivity index (χ3v) is 5.28. The summed E-state index contributed by atoms with van der Waals surface area (Å²) in [4.78, 5) is 12.4. The lowest BCUT2D eigenvalue weighted by Gasteiger charge is -2.20. The molecular weight excluding hydrogens is 432 g/mol. The van der Waals surface area contributed by atoms with Crippen LogP contribution in [0.2, 0.25) is 0 Å². The summed E-state index contributed by atoms with van der Waals surface area (Å²) in [5.74, 6) is 0. The van der Waals surface area contributed by atoms with Gasteiger partial charge < -0.3 is 10.3 Å². The Bertz CT molecular complexity index is 1350. The van der Waals surface area contributed by atoms with Crippen molar-refractivity contribution in [3.63, 3.8) is 0 Å². The molecule has 0 saturated carbocycles. The van der Waals surface area contributed by atoms with Crippen LogP contribution < -0.4 is 5.32 Å². The molecule has 0 amide bonds. The highest BCUT2D eigenvalue weighted by molar-refractivity contribution is 5.93. The first-order chi connectivity index (χ1) is 16.7. The van der Waals surface area contributed by atoms with Crippen molar-refractivity contribution in [1.82, 2.24) is 25.1 Å². The van der Waals surface area contributed by atoms with Gasteiger partial charge in [0.2, 0.25) is 0 Å². The molecule has 0 unspecified atom stereocenters. The second-order valence-corrected chi connectivity index (χ2v) is 9.48. The van der Waals surface area contributed by atoms with Gasteiger partial charge in [0.1, 0.15) is 0 Å². The Morgan fingerprint density at radius 3 is 2.54 bits per heavy atom. The summed E-state index contributed by atoms with van der Waals surface area (Å²) in [7, 11) is 0. The van der Waals surface area contributed by atoms with Crippen molar-refractivity contribution in [3.8, 4) is 22.5 Å². The first-order valence-corrected chi connectivity index (χ1v) is 12.0. The van der Waals surface area contributed by atoms with Crippen molar-refractivity contribution in [3.05, 3.63) is 79.1 Å². The number of H-pyrrole nitrogens is 2. The lowest BCUT2D eigenvalue weighted by molar-refractivity contribution is 0.411. The van der Waals surface area contributed by atoms with E-state index in [-0.39, 0.29) is 5.41 Å². The number of hydrogen-bond donors (Lipinski definition) is 3. The molecule has 182 valence electrons. The zero-order valence-corrected chi connectivity index (χ0v) is 21.7. The minimum Gasteiger partial charge on any atom is -0.358 e. The van der Waals surface area contributed by atoms with E-state index in [1.165, 1.54) is 0 Å². The van der Waals surface area contributed by atoms with E-state index in [0.29, 0.717) is 5.65 Å². The van der Waals surface area contributed by atoms with Gasteiger partial charge >= 0.3 is 0 Å². The number of nitrogens with zero attached hydrogens (tertiary/aromatic N) is 3. The molecule has 0 aliphatic carbocycles. The third-order valence-electron chi connectivity index (χ3n) is 5.28. The number of fused-ring (bicyclic) bond motifs is 1. The predicted octanol–water partition coefficient (Wildman–Crippen LogP) is 7.91. The minimum atomic E-state index is 0.166. The number of allylic oxidation sites excluding steroid dienone is 3. The molecule has 0 bridgehead atoms. The maximum atomic E-state index is 4.57. The average Bonchev–Trinajstić information content (AvgIpc) is 3.40. The van der Waals surface area contributed by atoms with Crippen LogP contribution in [0.5, 0.6) is 0 Å². The Morgan fingerprint density at radius 2 is 1.83 bits per heavy atom. The highest BCUT2D eigenvalue weighted by atomic mass is 15.2. The van der Waals surface area contributed by atoms with Gasteiger partial charge in [0.25, 0.3) is 0 Å². The molecule has 3 N–H and O–H groups in total. The van der Waals surface area contributed by atoms with Crippen LogP contribution in [0.15, 0.2) is 67.8 Å². The molecule has 35 heavy (non-hydrogen) atoms. The Balaban J connectivity index is 0.00000167. The van der Waals surface area contributed by atoms with E-state index in [0.717, 1.165) is 57.0 Å². The van der Waals surface area contributed by atoms with Crippen LogP contribution in [0.25, 0.3) is 39.6 Å². The van der Waals surface area contributed by atoms with E-state index in [4.69, 9.17) is 0 Å². The second-order valence-electron chi connectivity index (χ2n) is 9.48. The van der Waals surface area contributed by atoms with Crippen molar-refractivity contribution >= 4 is 22.8 Å². The SMILES string of the molecule is C=C/C=C\c1cc(-c2[nH]nc3ncc(-c4cncc(NC(=C)CC(C)(C)C)c4)cc23)[nH]c1C.CC. The molecule has 4 heterocycles. The van der Waals surface area contributed by atoms with Gasteiger partial charge in [-0.3, -0.25) is 10.1 Å². The van der Waals surface area contributed by atoms with Gasteiger partial charge in [0, 0.05) is 40.3 Å². The van der Waals surface area contributed by atoms with E-state index in [1.807, 2.05) is 51.5 Å². The minimum absolute atomic E-state index is 0.166. The Kier molecular flexibility index (Phi) is 8.07. The predicted molar refractivity (Wildman–Crippen MR) is 149 cm³/mol. The quantitative estimate of drug-likeness (QED) is 0.241. The van der Waals surface area contributed by atoms with Crippen LogP contribution in [-0.2, 0) is 0 Å². The monoisotopic (exact) mass is 468 g/mol. The normalized spacial score (nSPS) is 11.4. The van der Waals surface area contributed by atoms with Crippen LogP contribution in [0.4, 0.5) is 5.69 Å². The summed E-state index contributed by atoms with van der Waals surface area (Å²) < 4.78 is 0. The van der Waals surface area contributed by atoms with Gasteiger partial charge in [0.15, 0.2) is 5.65 Å². The second kappa shape index (κ2) is 11.0. The molecule has 6 heteroatoms. The molecule has 0 aliphatic rings. The number of nitrogens with one attached hydrogen (secondary N) is 3. The molecule has 0 radical (unpaired) electrons. The van der Waals surface area contributed by atoms with Crippen molar-refractivity contribution in [2.45, 2.75) is 48.0 Å². The first kappa shape index (κ1) is 25.7. The van der Waals surface area contributed by atoms with Crippen LogP contribution >= 0.6 is 0 Å². The zero-order chi connectivity index (χ0) is 25.6. The summed E-state index contributed by atoms with van der Waals surface area (Å²) in [6, 6.07) is 6.27. The topological polar surface area (TPSA) is 82.3 Å². The van der Waals surface area contributed by atoms with Gasteiger partial charge in [-0.2, -0.15) is 5.10 Å². The van der Waals surface area contributed by atoms with Gasteiger partial charge in [-0.1, -0.05) is 66.0 Å². The van der Waals surface area contributed by atoms with Crippen molar-refractivity contribution in [2.75, 3.05) is 5.32 Å². The van der Waals surface area contributed by atoms with E-state index < -0.39 is 0 Å². The number of aromatic amines is 2. The van der Waals surface area contributed by atoms with Crippen molar-refractivity contribution in [1.29, 1.82) is 0 Å². The molecule has 4 aromatic heterocycles. The molecule has 0 fully saturated rings. The highest BCUT2D eigenvalue weighted by Gasteiger charge is 2.15. The maximum absolute atomic E-state index is 4.57. The van der Waals surface area contributed by atoms with E-state index >= 15 is 0 Å². The number of anilines is 1. The molecule has 0 aliphatic heterocycles. The summed E-state index contributed by atoms with van der Waals surface area (Å²) in [5.41, 5.74) is 8.71. The molecular formula is C29H36N6. The first-order valence-electron chi connectivity index (χ1n) is 12.0. The lowest BCUT2D eigenvalue weighted by Crippen LogP contribution is -2.10. The molecule has 6 nitrogen and oxygen atoms in total. The lowest BCUT2D eigenvalue weighted by atomic mass is 9.91. The summed E-state index contributed by atoms with van der Waals surface area (Å²) >= 11 is 0. The van der Waals surface area contributed by atoms with E-state index in [2.05, 4.69) is 82.6 Å². The van der Waals surface area contributed by atoms with E-state index in [9.17, 15) is 0 Å². The summed E-state index contributed by atoms with van der Waals surface area (Å²) in [6.07, 6.45) is 12.1. The Hall–Kier alpha value is -3.93. The third kappa shape index (κ3) is 6.35. The molecule has 4 aromatic rings. The summed E-state index contributed by atoms with van der Waals surface area (Å²) in [5, 5.41) is 11.9. The van der Waals surface area contributed by atoms with Crippen LogP contribution in [0.1, 0.15) is 52.3 Å². The summed E-state index contributed by atoms with van der Waals surface area (Å²) in [6.45, 7) is 20.5. The molecule has 0 atom stereocenters. The maximum Gasteiger partial charge on any atom is 0.181 e. The Morgan fingerprint density at radius 1 is 1.09 bits per heavy atom. The average molecular weight is 469 g/mol. The number of rotatable bonds is 7. The number of pyridine rings is 2. The van der Waals surface area contributed by atoms with Crippen molar-refractivity contribution < 1.29 is 0 Å². The van der Waals surface area contributed by atoms with Gasteiger partial charge in [0.05, 0.1) is 23.3 Å². The van der Waals surface area contributed by atoms with Crippen LogP contribution in [0, 0.1) is 12.3 Å². The van der Waals surface area contributed by atoms with Gasteiger partial charge in [-0.15, -0.1) is 0 Å². The number of hydrogen-bond acceptors (Lipinski definition) is 4. The van der Waals surface area contributed by atoms with Crippen LogP contribution in [0.3, 0.4) is 0 Å². The fourth-order valence-electron chi connectivity index (χ4n) is 3.87. The fourth-order valence-corrected chi connectivity index (χ4v) is 3.87. The Labute approximate surface area is 208 Å².